The molecule has 3 aliphatic rings. The first kappa shape index (κ1) is 22.5. The number of carbonyl (C=O) groups is 3. The van der Waals surface area contributed by atoms with Gasteiger partial charge >= 0.3 is 0 Å². The molecule has 178 valence electrons. The molecule has 3 amide bonds. The number of ether oxygens (including phenoxy) is 1. The summed E-state index contributed by atoms with van der Waals surface area (Å²) in [6.07, 6.45) is 2.65. The lowest BCUT2D eigenvalue weighted by molar-refractivity contribution is -0.128. The number of hydrogen-bond acceptors (Lipinski definition) is 4. The minimum absolute atomic E-state index is 0.119. The molecular formula is C26H28FN3O4. The topological polar surface area (TPSA) is 79.0 Å². The van der Waals surface area contributed by atoms with Gasteiger partial charge in [0.2, 0.25) is 5.91 Å². The molecule has 2 aromatic carbocycles. The van der Waals surface area contributed by atoms with Gasteiger partial charge < -0.3 is 15.0 Å². The number of benzene rings is 2. The first-order valence-corrected chi connectivity index (χ1v) is 11.8. The number of rotatable bonds is 4. The van der Waals surface area contributed by atoms with Gasteiger partial charge in [-0.25, -0.2) is 4.39 Å². The second-order valence-electron chi connectivity index (χ2n) is 9.40. The second-order valence-corrected chi connectivity index (χ2v) is 9.40. The largest absolute Gasteiger partial charge is 0.353 e. The minimum atomic E-state index is -0.967. The molecule has 1 N–H and O–H groups in total. The third kappa shape index (κ3) is 4.30. The molecule has 2 aliphatic heterocycles. The Morgan fingerprint density at radius 2 is 1.68 bits per heavy atom. The maximum absolute atomic E-state index is 13.7. The predicted molar refractivity (Wildman–Crippen MR) is 123 cm³/mol. The second kappa shape index (κ2) is 8.83. The molecule has 3 fully saturated rings. The molecule has 0 aromatic heterocycles. The third-order valence-electron chi connectivity index (χ3n) is 6.87. The normalized spacial score (nSPS) is 21.5. The Morgan fingerprint density at radius 1 is 1.00 bits per heavy atom. The van der Waals surface area contributed by atoms with Crippen molar-refractivity contribution < 1.29 is 23.5 Å². The first-order valence-electron chi connectivity index (χ1n) is 11.8. The zero-order chi connectivity index (χ0) is 23.9. The Kier molecular flexibility index (Phi) is 5.85. The van der Waals surface area contributed by atoms with E-state index in [0.717, 1.165) is 18.4 Å². The highest BCUT2D eigenvalue weighted by atomic mass is 19.1. The molecule has 7 nitrogen and oxygen atoms in total. The summed E-state index contributed by atoms with van der Waals surface area (Å²) in [6.45, 7) is 2.71. The molecule has 2 heterocycles. The predicted octanol–water partition coefficient (Wildman–Crippen LogP) is 2.89. The fourth-order valence-electron chi connectivity index (χ4n) is 4.87. The van der Waals surface area contributed by atoms with Crippen LogP contribution in [0, 0.1) is 12.7 Å². The van der Waals surface area contributed by atoms with E-state index in [4.69, 9.17) is 4.74 Å². The number of aryl methyl sites for hydroxylation is 1. The highest BCUT2D eigenvalue weighted by molar-refractivity contribution is 5.99. The Balaban J connectivity index is 1.38. The van der Waals surface area contributed by atoms with Crippen molar-refractivity contribution in [3.05, 3.63) is 71.0 Å². The van der Waals surface area contributed by atoms with Gasteiger partial charge in [-0.15, -0.1) is 0 Å². The van der Waals surface area contributed by atoms with Crippen LogP contribution in [-0.2, 0) is 9.53 Å². The number of likely N-dealkylation sites (tertiary alicyclic amines) is 1. The van der Waals surface area contributed by atoms with E-state index < -0.39 is 17.6 Å². The van der Waals surface area contributed by atoms with Gasteiger partial charge in [0.05, 0.1) is 6.61 Å². The number of piperidine rings is 1. The lowest BCUT2D eigenvalue weighted by Crippen LogP contribution is -2.60. The van der Waals surface area contributed by atoms with E-state index in [1.165, 1.54) is 18.2 Å². The van der Waals surface area contributed by atoms with Crippen molar-refractivity contribution in [1.29, 1.82) is 0 Å². The highest BCUT2D eigenvalue weighted by Crippen LogP contribution is 2.39. The average molecular weight is 466 g/mol. The van der Waals surface area contributed by atoms with Gasteiger partial charge in [0.15, 0.2) is 0 Å². The van der Waals surface area contributed by atoms with Crippen LogP contribution in [0.3, 0.4) is 0 Å². The van der Waals surface area contributed by atoms with Crippen molar-refractivity contribution in [2.45, 2.75) is 50.4 Å². The van der Waals surface area contributed by atoms with Crippen LogP contribution < -0.4 is 5.32 Å². The number of hydrogen-bond donors (Lipinski definition) is 1. The number of nitrogens with one attached hydrogen (secondary N) is 1. The van der Waals surface area contributed by atoms with Crippen molar-refractivity contribution in [3.63, 3.8) is 0 Å². The van der Waals surface area contributed by atoms with E-state index in [1.807, 2.05) is 25.1 Å². The smallest absolute Gasteiger partial charge is 0.256 e. The van der Waals surface area contributed by atoms with Gasteiger partial charge in [-0.2, -0.15) is 0 Å². The van der Waals surface area contributed by atoms with Crippen LogP contribution in [0.15, 0.2) is 48.5 Å². The first-order chi connectivity index (χ1) is 16.4. The molecule has 0 radical (unpaired) electrons. The standard InChI is InChI=1S/C26H28FN3O4/c1-17-4-2-5-18(14-17)25(33)30-22(23(31)28-21-8-9-21)16-34-26(30)10-12-29(13-11-26)24(32)19-6-3-7-20(27)15-19/h2-7,14-15,21-22H,8-13,16H2,1H3,(H,28,31). The van der Waals surface area contributed by atoms with Crippen molar-refractivity contribution >= 4 is 17.7 Å². The number of nitrogens with zero attached hydrogens (tertiary/aromatic N) is 2. The number of halogens is 1. The summed E-state index contributed by atoms with van der Waals surface area (Å²) in [5, 5.41) is 3.01. The van der Waals surface area contributed by atoms with Gasteiger partial charge in [0.1, 0.15) is 17.6 Å². The number of carbonyl (C=O) groups excluding carboxylic acids is 3. The van der Waals surface area contributed by atoms with E-state index in [9.17, 15) is 18.8 Å². The lowest BCUT2D eigenvalue weighted by Gasteiger charge is -2.44. The van der Waals surface area contributed by atoms with E-state index in [0.29, 0.717) is 31.5 Å². The summed E-state index contributed by atoms with van der Waals surface area (Å²) >= 11 is 0. The molecule has 34 heavy (non-hydrogen) atoms. The lowest BCUT2D eigenvalue weighted by atomic mass is 9.95. The minimum Gasteiger partial charge on any atom is -0.353 e. The Labute approximate surface area is 197 Å². The monoisotopic (exact) mass is 465 g/mol. The highest BCUT2D eigenvalue weighted by Gasteiger charge is 2.54. The molecule has 2 aromatic rings. The van der Waals surface area contributed by atoms with E-state index in [-0.39, 0.29) is 35.9 Å². The van der Waals surface area contributed by atoms with Crippen LogP contribution in [0.2, 0.25) is 0 Å². The Hall–Kier alpha value is -3.26. The van der Waals surface area contributed by atoms with E-state index >= 15 is 0 Å². The molecule has 0 bridgehead atoms. The zero-order valence-electron chi connectivity index (χ0n) is 19.1. The van der Waals surface area contributed by atoms with Gasteiger partial charge in [0.25, 0.3) is 11.8 Å². The fraction of sp³-hybridized carbons (Fsp3) is 0.423. The summed E-state index contributed by atoms with van der Waals surface area (Å²) < 4.78 is 19.8. The van der Waals surface area contributed by atoms with Crippen LogP contribution in [0.1, 0.15) is 52.0 Å². The van der Waals surface area contributed by atoms with Crippen LogP contribution in [0.4, 0.5) is 4.39 Å². The molecule has 1 spiro atoms. The third-order valence-corrected chi connectivity index (χ3v) is 6.87. The molecule has 1 atom stereocenters. The van der Waals surface area contributed by atoms with E-state index in [1.54, 1.807) is 21.9 Å². The molecule has 1 saturated carbocycles. The SMILES string of the molecule is Cc1cccc(C(=O)N2C(C(=O)NC3CC3)COC23CCN(C(=O)c2cccc(F)c2)CC3)c1. The van der Waals surface area contributed by atoms with Crippen LogP contribution >= 0.6 is 0 Å². The van der Waals surface area contributed by atoms with E-state index in [2.05, 4.69) is 5.32 Å². The molecular weight excluding hydrogens is 437 g/mol. The van der Waals surface area contributed by atoms with Gasteiger partial charge in [0, 0.05) is 43.1 Å². The average Bonchev–Trinajstić information content (AvgIpc) is 3.58. The molecule has 1 aliphatic carbocycles. The summed E-state index contributed by atoms with van der Waals surface area (Å²) in [7, 11) is 0. The summed E-state index contributed by atoms with van der Waals surface area (Å²) in [5.41, 5.74) is 0.782. The van der Waals surface area contributed by atoms with Gasteiger partial charge in [-0.3, -0.25) is 19.3 Å². The Bertz CT molecular complexity index is 1120. The molecule has 8 heteroatoms. The van der Waals surface area contributed by atoms with Crippen molar-refractivity contribution in [2.24, 2.45) is 0 Å². The van der Waals surface area contributed by atoms with Crippen LogP contribution in [0.5, 0.6) is 0 Å². The molecule has 5 rings (SSSR count). The number of amides is 3. The van der Waals surface area contributed by atoms with Crippen LogP contribution in [-0.4, -0.2) is 65.0 Å². The molecule has 2 saturated heterocycles. The fourth-order valence-corrected chi connectivity index (χ4v) is 4.87. The van der Waals surface area contributed by atoms with Crippen molar-refractivity contribution in [3.8, 4) is 0 Å². The molecule has 1 unspecified atom stereocenters. The summed E-state index contributed by atoms with van der Waals surface area (Å²) in [4.78, 5) is 42.9. The Morgan fingerprint density at radius 3 is 2.32 bits per heavy atom. The van der Waals surface area contributed by atoms with Crippen LogP contribution in [0.25, 0.3) is 0 Å². The van der Waals surface area contributed by atoms with Gasteiger partial charge in [-0.1, -0.05) is 23.8 Å². The summed E-state index contributed by atoms with van der Waals surface area (Å²) in [5.74, 6) is -1.16. The van der Waals surface area contributed by atoms with Crippen molar-refractivity contribution in [1.82, 2.24) is 15.1 Å². The summed E-state index contributed by atoms with van der Waals surface area (Å²) in [6, 6.07) is 12.4. The quantitative estimate of drug-likeness (QED) is 0.753. The maximum Gasteiger partial charge on any atom is 0.256 e. The zero-order valence-corrected chi connectivity index (χ0v) is 19.1. The van der Waals surface area contributed by atoms with Crippen molar-refractivity contribution in [2.75, 3.05) is 19.7 Å². The maximum atomic E-state index is 13.7. The van der Waals surface area contributed by atoms with Gasteiger partial charge in [-0.05, 0) is 50.1 Å².